The van der Waals surface area contributed by atoms with Gasteiger partial charge < -0.3 is 10.8 Å². The molecule has 1 aromatic heterocycles. The van der Waals surface area contributed by atoms with Crippen LogP contribution in [-0.4, -0.2) is 26.8 Å². The Hall–Kier alpha value is -1.85. The largest absolute Gasteiger partial charge is 0.481 e. The number of nitrogens with zero attached hydrogens (tertiary/aromatic N) is 2. The van der Waals surface area contributed by atoms with Crippen LogP contribution in [0.15, 0.2) is 12.4 Å². The number of carboxylic acids is 1. The van der Waals surface area contributed by atoms with Crippen LogP contribution in [0.1, 0.15) is 36.2 Å². The van der Waals surface area contributed by atoms with Gasteiger partial charge in [-0.3, -0.25) is 14.3 Å². The molecule has 3 N–H and O–H groups in total. The summed E-state index contributed by atoms with van der Waals surface area (Å²) in [5.41, 5.74) is 5.39. The maximum Gasteiger partial charge on any atom is 0.303 e. The van der Waals surface area contributed by atoms with E-state index in [-0.39, 0.29) is 12.5 Å². The summed E-state index contributed by atoms with van der Waals surface area (Å²) in [7, 11) is 0. The Morgan fingerprint density at radius 3 is 2.80 bits per heavy atom. The monoisotopic (exact) mass is 211 g/mol. The number of rotatable bonds is 5. The topological polar surface area (TPSA) is 98.2 Å². The fourth-order valence-corrected chi connectivity index (χ4v) is 1.17. The summed E-state index contributed by atoms with van der Waals surface area (Å²) >= 11 is 0. The standard InChI is InChI=1S/C9H13N3O3/c1-6(2-3-8(13)14)12-5-7(4-11-12)9(10)15/h4-6H,2-3H2,1H3,(H2,10,15)(H,13,14). The maximum atomic E-state index is 10.8. The van der Waals surface area contributed by atoms with Crippen molar-refractivity contribution in [2.75, 3.05) is 0 Å². The Bertz CT molecular complexity index is 372. The van der Waals surface area contributed by atoms with E-state index in [0.29, 0.717) is 12.0 Å². The Morgan fingerprint density at radius 1 is 1.67 bits per heavy atom. The predicted molar refractivity (Wildman–Crippen MR) is 52.3 cm³/mol. The first-order valence-corrected chi connectivity index (χ1v) is 4.56. The Kier molecular flexibility index (Phi) is 3.43. The van der Waals surface area contributed by atoms with Crippen LogP contribution in [0.25, 0.3) is 0 Å². The summed E-state index contributed by atoms with van der Waals surface area (Å²) in [6, 6.07) is -0.0609. The Labute approximate surface area is 86.7 Å². The number of nitrogens with two attached hydrogens (primary N) is 1. The highest BCUT2D eigenvalue weighted by molar-refractivity contribution is 5.92. The molecule has 0 aliphatic rings. The predicted octanol–water partition coefficient (Wildman–Crippen LogP) is 0.408. The first-order valence-electron chi connectivity index (χ1n) is 4.56. The van der Waals surface area contributed by atoms with Gasteiger partial charge in [-0.25, -0.2) is 0 Å². The van der Waals surface area contributed by atoms with E-state index in [9.17, 15) is 9.59 Å². The average Bonchev–Trinajstić information content (AvgIpc) is 2.62. The highest BCUT2D eigenvalue weighted by atomic mass is 16.4. The van der Waals surface area contributed by atoms with Gasteiger partial charge in [0.1, 0.15) is 0 Å². The van der Waals surface area contributed by atoms with E-state index in [0.717, 1.165) is 0 Å². The lowest BCUT2D eigenvalue weighted by atomic mass is 10.2. The van der Waals surface area contributed by atoms with Crippen LogP contribution in [0.3, 0.4) is 0 Å². The van der Waals surface area contributed by atoms with Gasteiger partial charge in [-0.2, -0.15) is 5.10 Å². The van der Waals surface area contributed by atoms with Gasteiger partial charge in [-0.1, -0.05) is 0 Å². The van der Waals surface area contributed by atoms with Gasteiger partial charge in [0, 0.05) is 18.7 Å². The van der Waals surface area contributed by atoms with E-state index < -0.39 is 11.9 Å². The number of carbonyl (C=O) groups is 2. The zero-order chi connectivity index (χ0) is 11.4. The number of carbonyl (C=O) groups excluding carboxylic acids is 1. The molecule has 0 aliphatic heterocycles. The fourth-order valence-electron chi connectivity index (χ4n) is 1.17. The van der Waals surface area contributed by atoms with Crippen molar-refractivity contribution in [3.8, 4) is 0 Å². The molecule has 82 valence electrons. The smallest absolute Gasteiger partial charge is 0.303 e. The summed E-state index contributed by atoms with van der Waals surface area (Å²) < 4.78 is 1.54. The molecular formula is C9H13N3O3. The molecule has 1 heterocycles. The minimum atomic E-state index is -0.843. The van der Waals surface area contributed by atoms with Crippen molar-refractivity contribution in [3.05, 3.63) is 18.0 Å². The van der Waals surface area contributed by atoms with Crippen molar-refractivity contribution < 1.29 is 14.7 Å². The van der Waals surface area contributed by atoms with Gasteiger partial charge in [0.2, 0.25) is 0 Å². The molecule has 0 aromatic carbocycles. The Balaban J connectivity index is 2.61. The van der Waals surface area contributed by atoms with Crippen LogP contribution >= 0.6 is 0 Å². The number of primary amides is 1. The maximum absolute atomic E-state index is 10.8. The van der Waals surface area contributed by atoms with E-state index >= 15 is 0 Å². The zero-order valence-electron chi connectivity index (χ0n) is 8.38. The van der Waals surface area contributed by atoms with Gasteiger partial charge in [-0.05, 0) is 13.3 Å². The molecule has 0 saturated heterocycles. The number of aliphatic carboxylic acids is 1. The second-order valence-electron chi connectivity index (χ2n) is 3.35. The summed E-state index contributed by atoms with van der Waals surface area (Å²) in [6.07, 6.45) is 3.44. The number of hydrogen-bond donors (Lipinski definition) is 2. The molecular weight excluding hydrogens is 198 g/mol. The molecule has 15 heavy (non-hydrogen) atoms. The van der Waals surface area contributed by atoms with Crippen molar-refractivity contribution in [3.63, 3.8) is 0 Å². The lowest BCUT2D eigenvalue weighted by Crippen LogP contribution is -2.11. The number of hydrogen-bond acceptors (Lipinski definition) is 3. The normalized spacial score (nSPS) is 12.3. The molecule has 1 rings (SSSR count). The van der Waals surface area contributed by atoms with Crippen molar-refractivity contribution in [1.29, 1.82) is 0 Å². The summed E-state index contributed by atoms with van der Waals surface area (Å²) in [4.78, 5) is 21.1. The average molecular weight is 211 g/mol. The second-order valence-corrected chi connectivity index (χ2v) is 3.35. The molecule has 0 aliphatic carbocycles. The van der Waals surface area contributed by atoms with E-state index in [4.69, 9.17) is 10.8 Å². The van der Waals surface area contributed by atoms with E-state index in [2.05, 4.69) is 5.10 Å². The van der Waals surface area contributed by atoms with E-state index in [1.807, 2.05) is 6.92 Å². The first kappa shape index (κ1) is 11.2. The highest BCUT2D eigenvalue weighted by Crippen LogP contribution is 2.12. The third-order valence-corrected chi connectivity index (χ3v) is 2.11. The molecule has 0 radical (unpaired) electrons. The zero-order valence-corrected chi connectivity index (χ0v) is 8.38. The van der Waals surface area contributed by atoms with Gasteiger partial charge in [0.15, 0.2) is 0 Å². The number of aromatic nitrogens is 2. The molecule has 0 fully saturated rings. The fraction of sp³-hybridized carbons (Fsp3) is 0.444. The summed E-state index contributed by atoms with van der Waals surface area (Å²) in [5.74, 6) is -1.38. The molecule has 0 saturated carbocycles. The number of amides is 1. The Morgan fingerprint density at radius 2 is 2.33 bits per heavy atom. The van der Waals surface area contributed by atoms with E-state index in [1.165, 1.54) is 12.4 Å². The lowest BCUT2D eigenvalue weighted by Gasteiger charge is -2.09. The molecule has 1 unspecified atom stereocenters. The highest BCUT2D eigenvalue weighted by Gasteiger charge is 2.10. The van der Waals surface area contributed by atoms with Crippen molar-refractivity contribution in [2.45, 2.75) is 25.8 Å². The van der Waals surface area contributed by atoms with Crippen LogP contribution in [-0.2, 0) is 4.79 Å². The molecule has 0 bridgehead atoms. The lowest BCUT2D eigenvalue weighted by molar-refractivity contribution is -0.137. The van der Waals surface area contributed by atoms with Gasteiger partial charge in [0.05, 0.1) is 11.8 Å². The van der Waals surface area contributed by atoms with Crippen LogP contribution < -0.4 is 5.73 Å². The molecule has 6 heteroatoms. The number of carboxylic acid groups (broad SMARTS) is 1. The third kappa shape index (κ3) is 3.08. The van der Waals surface area contributed by atoms with Crippen LogP contribution in [0, 0.1) is 0 Å². The molecule has 0 spiro atoms. The minimum absolute atomic E-state index is 0.0609. The molecule has 6 nitrogen and oxygen atoms in total. The minimum Gasteiger partial charge on any atom is -0.481 e. The molecule has 1 aromatic rings. The first-order chi connectivity index (χ1) is 7.00. The molecule has 1 amide bonds. The van der Waals surface area contributed by atoms with Crippen molar-refractivity contribution in [1.82, 2.24) is 9.78 Å². The van der Waals surface area contributed by atoms with Crippen LogP contribution in [0.5, 0.6) is 0 Å². The van der Waals surface area contributed by atoms with Gasteiger partial charge in [0.25, 0.3) is 5.91 Å². The summed E-state index contributed by atoms with van der Waals surface area (Å²) in [6.45, 7) is 1.83. The van der Waals surface area contributed by atoms with Gasteiger partial charge >= 0.3 is 5.97 Å². The third-order valence-electron chi connectivity index (χ3n) is 2.11. The van der Waals surface area contributed by atoms with Crippen molar-refractivity contribution >= 4 is 11.9 Å². The summed E-state index contributed by atoms with van der Waals surface area (Å²) in [5, 5.41) is 12.4. The van der Waals surface area contributed by atoms with Crippen LogP contribution in [0.2, 0.25) is 0 Å². The van der Waals surface area contributed by atoms with Crippen molar-refractivity contribution in [2.24, 2.45) is 5.73 Å². The van der Waals surface area contributed by atoms with E-state index in [1.54, 1.807) is 4.68 Å². The van der Waals surface area contributed by atoms with Crippen LogP contribution in [0.4, 0.5) is 0 Å². The molecule has 1 atom stereocenters. The second kappa shape index (κ2) is 4.59. The SMILES string of the molecule is CC(CCC(=O)O)n1cc(C(N)=O)cn1. The quantitative estimate of drug-likeness (QED) is 0.736. The van der Waals surface area contributed by atoms with Gasteiger partial charge in [-0.15, -0.1) is 0 Å².